The molecule has 0 aliphatic heterocycles. The van der Waals surface area contributed by atoms with Gasteiger partial charge in [-0.1, -0.05) is 0 Å². The minimum absolute atomic E-state index is 0. The van der Waals surface area contributed by atoms with Crippen LogP contribution in [0, 0.1) is 0 Å². The predicted molar refractivity (Wildman–Crippen MR) is 31.7 cm³/mol. The van der Waals surface area contributed by atoms with Gasteiger partial charge in [-0.2, -0.15) is 0 Å². The summed E-state index contributed by atoms with van der Waals surface area (Å²) in [4.78, 5) is 20.1. The van der Waals surface area contributed by atoms with E-state index in [2.05, 4.69) is 0 Å². The molecule has 0 unspecified atom stereocenters. The Morgan fingerprint density at radius 2 is 1.38 bits per heavy atom. The quantitative estimate of drug-likeness (QED) is 0.615. The third-order valence-electron chi connectivity index (χ3n) is 0.498. The molecule has 8 heavy (non-hydrogen) atoms. The maximum atomic E-state index is 10.0. The van der Waals surface area contributed by atoms with E-state index in [9.17, 15) is 9.59 Å². The fourth-order valence-electron chi connectivity index (χ4n) is 0.351. The van der Waals surface area contributed by atoms with Gasteiger partial charge in [0.05, 0.1) is 6.42 Å². The number of carbonyl (C=O) groups excluding carboxylic acids is 2. The molecule has 0 fully saturated rings. The summed E-state index contributed by atoms with van der Waals surface area (Å²) in [5.74, 6) is -0.125. The summed E-state index contributed by atoms with van der Waals surface area (Å²) in [6, 6.07) is 0. The topological polar surface area (TPSA) is 34.1 Å². The van der Waals surface area contributed by atoms with Crippen molar-refractivity contribution in [3.05, 3.63) is 0 Å². The average Bonchev–Trinajstić information content (AvgIpc) is 1.27. The standard InChI is InChI=1S/C5H8O2.In/c1-4(6)3-5(2)7;/h3H2,1-2H3;/q;+3. The second-order valence-corrected chi connectivity index (χ2v) is 1.58. The van der Waals surface area contributed by atoms with E-state index in [1.807, 2.05) is 0 Å². The molecule has 40 valence electrons. The molecule has 0 radical (unpaired) electrons. The normalized spacial score (nSPS) is 7.25. The Hall–Kier alpha value is 0.210. The van der Waals surface area contributed by atoms with Crippen LogP contribution in [0.4, 0.5) is 0 Å². The molecule has 0 aliphatic carbocycles. The van der Waals surface area contributed by atoms with Crippen LogP contribution in [0.15, 0.2) is 0 Å². The molecule has 0 atom stereocenters. The Bertz CT molecular complexity index is 86.6. The molecule has 0 saturated carbocycles. The molecule has 0 heterocycles. The molecule has 0 saturated heterocycles. The molecule has 0 aliphatic rings. The average molecular weight is 215 g/mol. The van der Waals surface area contributed by atoms with Crippen molar-refractivity contribution in [3.63, 3.8) is 0 Å². The van der Waals surface area contributed by atoms with Crippen molar-refractivity contribution < 1.29 is 9.59 Å². The summed E-state index contributed by atoms with van der Waals surface area (Å²) in [6.45, 7) is 2.81. The third-order valence-corrected chi connectivity index (χ3v) is 0.498. The van der Waals surface area contributed by atoms with Crippen molar-refractivity contribution in [3.8, 4) is 0 Å². The molecule has 0 bridgehead atoms. The molecule has 0 aromatic heterocycles. The van der Waals surface area contributed by atoms with Gasteiger partial charge in [-0.05, 0) is 13.8 Å². The monoisotopic (exact) mass is 215 g/mol. The van der Waals surface area contributed by atoms with Crippen molar-refractivity contribution in [2.45, 2.75) is 20.3 Å². The van der Waals surface area contributed by atoms with Gasteiger partial charge < -0.3 is 0 Å². The first-order valence-corrected chi connectivity index (χ1v) is 2.12. The van der Waals surface area contributed by atoms with Crippen LogP contribution in [-0.4, -0.2) is 37.4 Å². The maximum Gasteiger partial charge on any atom is 3.00 e. The fourth-order valence-corrected chi connectivity index (χ4v) is 0.351. The van der Waals surface area contributed by atoms with E-state index < -0.39 is 0 Å². The molecular formula is C5H8InO2+3. The van der Waals surface area contributed by atoms with Gasteiger partial charge >= 0.3 is 25.8 Å². The van der Waals surface area contributed by atoms with Crippen LogP contribution in [0.1, 0.15) is 20.3 Å². The summed E-state index contributed by atoms with van der Waals surface area (Å²) < 4.78 is 0. The van der Waals surface area contributed by atoms with Crippen molar-refractivity contribution in [2.24, 2.45) is 0 Å². The number of hydrogen-bond donors (Lipinski definition) is 0. The van der Waals surface area contributed by atoms with Crippen LogP contribution in [0.2, 0.25) is 0 Å². The summed E-state index contributed by atoms with van der Waals surface area (Å²) >= 11 is 0. The molecular weight excluding hydrogens is 207 g/mol. The number of rotatable bonds is 2. The van der Waals surface area contributed by atoms with Gasteiger partial charge in [0.25, 0.3) is 0 Å². The van der Waals surface area contributed by atoms with Crippen LogP contribution >= 0.6 is 0 Å². The minimum Gasteiger partial charge on any atom is -0.300 e. The number of carbonyl (C=O) groups is 2. The van der Waals surface area contributed by atoms with Gasteiger partial charge in [-0.3, -0.25) is 9.59 Å². The first kappa shape index (κ1) is 11.1. The number of Topliss-reactive ketones (excluding diaryl/α,β-unsaturated/α-hetero) is 2. The SMILES string of the molecule is CC(=O)CC(C)=O.[In+3]. The minimum atomic E-state index is -0.0625. The summed E-state index contributed by atoms with van der Waals surface area (Å²) in [7, 11) is 0. The Labute approximate surface area is 67.4 Å². The van der Waals surface area contributed by atoms with Gasteiger partial charge in [0.2, 0.25) is 0 Å². The van der Waals surface area contributed by atoms with Crippen LogP contribution in [0.3, 0.4) is 0 Å². The van der Waals surface area contributed by atoms with Crippen molar-refractivity contribution in [1.82, 2.24) is 0 Å². The van der Waals surface area contributed by atoms with E-state index in [4.69, 9.17) is 0 Å². The Morgan fingerprint density at radius 3 is 1.38 bits per heavy atom. The largest absolute Gasteiger partial charge is 3.00 e. The third kappa shape index (κ3) is 9.51. The van der Waals surface area contributed by atoms with Gasteiger partial charge in [0.15, 0.2) is 0 Å². The molecule has 0 rings (SSSR count). The van der Waals surface area contributed by atoms with Gasteiger partial charge in [-0.15, -0.1) is 0 Å². The molecule has 0 N–H and O–H groups in total. The molecule has 2 nitrogen and oxygen atoms in total. The summed E-state index contributed by atoms with van der Waals surface area (Å²) in [5, 5.41) is 0. The van der Waals surface area contributed by atoms with E-state index in [-0.39, 0.29) is 43.8 Å². The van der Waals surface area contributed by atoms with E-state index in [0.29, 0.717) is 0 Å². The van der Waals surface area contributed by atoms with E-state index in [1.165, 1.54) is 13.8 Å². The fraction of sp³-hybridized carbons (Fsp3) is 0.600. The number of ketones is 2. The first-order valence-electron chi connectivity index (χ1n) is 2.12. The smallest absolute Gasteiger partial charge is 0.300 e. The molecule has 0 aromatic rings. The molecule has 0 aromatic carbocycles. The van der Waals surface area contributed by atoms with Gasteiger partial charge in [0, 0.05) is 0 Å². The van der Waals surface area contributed by atoms with Crippen LogP contribution in [0.25, 0.3) is 0 Å². The van der Waals surface area contributed by atoms with Crippen LogP contribution < -0.4 is 0 Å². The molecule has 3 heteroatoms. The molecule has 0 spiro atoms. The maximum absolute atomic E-state index is 10.0. The Balaban J connectivity index is 0. The zero-order valence-corrected chi connectivity index (χ0v) is 8.40. The van der Waals surface area contributed by atoms with Gasteiger partial charge in [-0.25, -0.2) is 0 Å². The van der Waals surface area contributed by atoms with Gasteiger partial charge in [0.1, 0.15) is 11.6 Å². The Morgan fingerprint density at radius 1 is 1.12 bits per heavy atom. The van der Waals surface area contributed by atoms with Crippen molar-refractivity contribution >= 4 is 37.4 Å². The second kappa shape index (κ2) is 5.35. The zero-order chi connectivity index (χ0) is 5.86. The zero-order valence-electron chi connectivity index (χ0n) is 5.10. The van der Waals surface area contributed by atoms with E-state index in [0.717, 1.165) is 0 Å². The first-order chi connectivity index (χ1) is 3.13. The molecule has 0 amide bonds. The summed E-state index contributed by atoms with van der Waals surface area (Å²) in [5.41, 5.74) is 0. The summed E-state index contributed by atoms with van der Waals surface area (Å²) in [6.07, 6.45) is 0.0833. The van der Waals surface area contributed by atoms with Crippen LogP contribution in [-0.2, 0) is 9.59 Å². The van der Waals surface area contributed by atoms with Crippen LogP contribution in [0.5, 0.6) is 0 Å². The van der Waals surface area contributed by atoms with E-state index in [1.54, 1.807) is 0 Å². The Kier molecular flexibility index (Phi) is 7.40. The van der Waals surface area contributed by atoms with Crippen molar-refractivity contribution in [1.29, 1.82) is 0 Å². The number of hydrogen-bond acceptors (Lipinski definition) is 2. The second-order valence-electron chi connectivity index (χ2n) is 1.58. The van der Waals surface area contributed by atoms with Crippen molar-refractivity contribution in [2.75, 3.05) is 0 Å². The predicted octanol–water partition coefficient (Wildman–Crippen LogP) is 0.174. The van der Waals surface area contributed by atoms with E-state index >= 15 is 0 Å².